The van der Waals surface area contributed by atoms with Crippen LogP contribution >= 0.6 is 0 Å². The molecule has 104 valence electrons. The molecule has 1 atom stereocenters. The monoisotopic (exact) mass is 261 g/mol. The Bertz CT molecular complexity index is 427. The van der Waals surface area contributed by atoms with Crippen molar-refractivity contribution in [2.24, 2.45) is 0 Å². The van der Waals surface area contributed by atoms with Gasteiger partial charge >= 0.3 is 0 Å². The Balaban J connectivity index is 2.01. The lowest BCUT2D eigenvalue weighted by molar-refractivity contribution is -0.122. The van der Waals surface area contributed by atoms with Crippen molar-refractivity contribution in [3.63, 3.8) is 0 Å². The van der Waals surface area contributed by atoms with E-state index >= 15 is 0 Å². The van der Waals surface area contributed by atoms with Gasteiger partial charge in [-0.05, 0) is 31.4 Å². The van der Waals surface area contributed by atoms with Crippen LogP contribution in [0.1, 0.15) is 25.3 Å². The number of carbonyl (C=O) groups excluding carboxylic acids is 1. The van der Waals surface area contributed by atoms with E-state index in [0.29, 0.717) is 0 Å². The normalized spacial score (nSPS) is 16.4. The zero-order valence-corrected chi connectivity index (χ0v) is 11.8. The molecule has 0 aliphatic carbocycles. The van der Waals surface area contributed by atoms with Crippen molar-refractivity contribution in [2.75, 3.05) is 25.0 Å². The highest BCUT2D eigenvalue weighted by Crippen LogP contribution is 2.24. The van der Waals surface area contributed by atoms with E-state index in [9.17, 15) is 4.79 Å². The Morgan fingerprint density at radius 1 is 1.32 bits per heavy atom. The zero-order valence-electron chi connectivity index (χ0n) is 11.8. The summed E-state index contributed by atoms with van der Waals surface area (Å²) in [5, 5.41) is 5.93. The van der Waals surface area contributed by atoms with Crippen LogP contribution in [0.15, 0.2) is 24.3 Å². The second-order valence-corrected chi connectivity index (χ2v) is 5.04. The lowest BCUT2D eigenvalue weighted by atomic mass is 10.1. The highest BCUT2D eigenvalue weighted by molar-refractivity contribution is 5.80. The molecular formula is C15H23N3O. The van der Waals surface area contributed by atoms with Crippen molar-refractivity contribution in [3.05, 3.63) is 29.8 Å². The topological polar surface area (TPSA) is 44.4 Å². The first-order valence-electron chi connectivity index (χ1n) is 7.00. The van der Waals surface area contributed by atoms with Crippen LogP contribution in [-0.2, 0) is 11.3 Å². The Morgan fingerprint density at radius 2 is 2.00 bits per heavy atom. The molecule has 4 heteroatoms. The molecule has 1 amide bonds. The number of nitrogens with one attached hydrogen (secondary N) is 2. The number of nitrogens with zero attached hydrogens (tertiary/aromatic N) is 1. The van der Waals surface area contributed by atoms with Gasteiger partial charge in [-0.3, -0.25) is 4.79 Å². The molecule has 0 spiro atoms. The summed E-state index contributed by atoms with van der Waals surface area (Å²) in [7, 11) is 1.67. The Hall–Kier alpha value is -1.55. The third-order valence-electron chi connectivity index (χ3n) is 3.68. The van der Waals surface area contributed by atoms with Crippen molar-refractivity contribution in [2.45, 2.75) is 32.4 Å². The third kappa shape index (κ3) is 3.47. The summed E-state index contributed by atoms with van der Waals surface area (Å²) in [5.74, 6) is 0.0265. The number of hydrogen-bond acceptors (Lipinski definition) is 3. The van der Waals surface area contributed by atoms with Crippen molar-refractivity contribution >= 4 is 11.6 Å². The maximum atomic E-state index is 11.5. The van der Waals surface area contributed by atoms with Gasteiger partial charge in [-0.15, -0.1) is 0 Å². The fraction of sp³-hybridized carbons (Fsp3) is 0.533. The fourth-order valence-corrected chi connectivity index (χ4v) is 2.50. The molecule has 1 fully saturated rings. The SMILES string of the molecule is CNC(=O)C(C)NCc1ccccc1N1CCCC1. The van der Waals surface area contributed by atoms with Gasteiger partial charge < -0.3 is 15.5 Å². The quantitative estimate of drug-likeness (QED) is 0.844. The van der Waals surface area contributed by atoms with Gasteiger partial charge in [-0.2, -0.15) is 0 Å². The average molecular weight is 261 g/mol. The largest absolute Gasteiger partial charge is 0.371 e. The van der Waals surface area contributed by atoms with Gasteiger partial charge in [0.2, 0.25) is 5.91 Å². The summed E-state index contributed by atoms with van der Waals surface area (Å²) in [5.41, 5.74) is 2.57. The number of likely N-dealkylation sites (N-methyl/N-ethyl adjacent to an activating group) is 1. The van der Waals surface area contributed by atoms with Crippen LogP contribution in [0.2, 0.25) is 0 Å². The molecule has 1 heterocycles. The maximum absolute atomic E-state index is 11.5. The average Bonchev–Trinajstić information content (AvgIpc) is 2.98. The molecule has 1 aliphatic rings. The zero-order chi connectivity index (χ0) is 13.7. The van der Waals surface area contributed by atoms with E-state index in [0.717, 1.165) is 19.6 Å². The Kier molecular flexibility index (Phi) is 4.80. The third-order valence-corrected chi connectivity index (χ3v) is 3.68. The van der Waals surface area contributed by atoms with Crippen molar-refractivity contribution in [3.8, 4) is 0 Å². The molecule has 0 aromatic heterocycles. The molecule has 19 heavy (non-hydrogen) atoms. The molecule has 1 saturated heterocycles. The van der Waals surface area contributed by atoms with Crippen LogP contribution < -0.4 is 15.5 Å². The second kappa shape index (κ2) is 6.57. The van der Waals surface area contributed by atoms with E-state index in [4.69, 9.17) is 0 Å². The number of amides is 1. The van der Waals surface area contributed by atoms with Crippen molar-refractivity contribution < 1.29 is 4.79 Å². The first-order valence-corrected chi connectivity index (χ1v) is 7.00. The minimum Gasteiger partial charge on any atom is -0.371 e. The maximum Gasteiger partial charge on any atom is 0.236 e. The summed E-state index contributed by atoms with van der Waals surface area (Å²) in [6.07, 6.45) is 2.55. The van der Waals surface area contributed by atoms with E-state index < -0.39 is 0 Å². The van der Waals surface area contributed by atoms with E-state index in [1.165, 1.54) is 24.1 Å². The number of hydrogen-bond donors (Lipinski definition) is 2. The molecule has 1 aromatic rings. The van der Waals surface area contributed by atoms with Gasteiger partial charge in [0.1, 0.15) is 0 Å². The second-order valence-electron chi connectivity index (χ2n) is 5.04. The van der Waals surface area contributed by atoms with Crippen molar-refractivity contribution in [1.82, 2.24) is 10.6 Å². The van der Waals surface area contributed by atoms with Crippen LogP contribution in [0.5, 0.6) is 0 Å². The number of benzene rings is 1. The Morgan fingerprint density at radius 3 is 2.68 bits per heavy atom. The Labute approximate surface area is 115 Å². The van der Waals surface area contributed by atoms with E-state index in [1.54, 1.807) is 7.05 Å². The fourth-order valence-electron chi connectivity index (χ4n) is 2.50. The molecule has 4 nitrogen and oxygen atoms in total. The first-order chi connectivity index (χ1) is 9.22. The minimum atomic E-state index is -0.170. The molecule has 2 N–H and O–H groups in total. The van der Waals surface area contributed by atoms with E-state index in [-0.39, 0.29) is 11.9 Å². The first kappa shape index (κ1) is 13.9. The highest BCUT2D eigenvalue weighted by atomic mass is 16.2. The summed E-state index contributed by atoms with van der Waals surface area (Å²) in [6, 6.07) is 8.28. The number of para-hydroxylation sites is 1. The lowest BCUT2D eigenvalue weighted by Gasteiger charge is -2.22. The number of anilines is 1. The van der Waals surface area contributed by atoms with Gasteiger partial charge in [0, 0.05) is 32.4 Å². The van der Waals surface area contributed by atoms with Gasteiger partial charge in [-0.25, -0.2) is 0 Å². The van der Waals surface area contributed by atoms with E-state index in [1.807, 2.05) is 6.92 Å². The van der Waals surface area contributed by atoms with Crippen LogP contribution in [-0.4, -0.2) is 32.1 Å². The predicted octanol–water partition coefficient (Wildman–Crippen LogP) is 1.51. The predicted molar refractivity (Wildman–Crippen MR) is 78.3 cm³/mol. The molecule has 0 saturated carbocycles. The highest BCUT2D eigenvalue weighted by Gasteiger charge is 2.16. The van der Waals surface area contributed by atoms with Crippen LogP contribution in [0.4, 0.5) is 5.69 Å². The summed E-state index contributed by atoms with van der Waals surface area (Å²) < 4.78 is 0. The molecule has 1 aromatic carbocycles. The molecule has 0 bridgehead atoms. The van der Waals surface area contributed by atoms with Gasteiger partial charge in [0.05, 0.1) is 6.04 Å². The van der Waals surface area contributed by atoms with Crippen LogP contribution in [0.3, 0.4) is 0 Å². The lowest BCUT2D eigenvalue weighted by Crippen LogP contribution is -2.40. The van der Waals surface area contributed by atoms with E-state index in [2.05, 4.69) is 39.8 Å². The van der Waals surface area contributed by atoms with Gasteiger partial charge in [-0.1, -0.05) is 18.2 Å². The molecule has 1 unspecified atom stereocenters. The standard InChI is InChI=1S/C15H23N3O/c1-12(15(19)16-2)17-11-13-7-3-4-8-14(13)18-9-5-6-10-18/h3-4,7-8,12,17H,5-6,9-11H2,1-2H3,(H,16,19). The summed E-state index contributed by atoms with van der Waals surface area (Å²) >= 11 is 0. The summed E-state index contributed by atoms with van der Waals surface area (Å²) in [4.78, 5) is 13.9. The van der Waals surface area contributed by atoms with Gasteiger partial charge in [0.25, 0.3) is 0 Å². The van der Waals surface area contributed by atoms with Crippen LogP contribution in [0.25, 0.3) is 0 Å². The minimum absolute atomic E-state index is 0.0265. The molecule has 1 aliphatic heterocycles. The van der Waals surface area contributed by atoms with Crippen molar-refractivity contribution in [1.29, 1.82) is 0 Å². The summed E-state index contributed by atoms with van der Waals surface area (Å²) in [6.45, 7) is 4.89. The molecule has 0 radical (unpaired) electrons. The molecular weight excluding hydrogens is 238 g/mol. The van der Waals surface area contributed by atoms with Gasteiger partial charge in [0.15, 0.2) is 0 Å². The number of carbonyl (C=O) groups is 1. The van der Waals surface area contributed by atoms with Crippen LogP contribution in [0, 0.1) is 0 Å². The molecule has 2 rings (SSSR count). The smallest absolute Gasteiger partial charge is 0.236 e. The number of rotatable bonds is 5.